The Morgan fingerprint density at radius 1 is 1.10 bits per heavy atom. The fraction of sp³-hybridized carbons (Fsp3) is 0.571. The molecule has 0 bridgehead atoms. The van der Waals surface area contributed by atoms with Gasteiger partial charge in [0.15, 0.2) is 0 Å². The summed E-state index contributed by atoms with van der Waals surface area (Å²) in [7, 11) is -1.93. The minimum atomic E-state index is -3.35. The van der Waals surface area contributed by atoms with Crippen molar-refractivity contribution in [3.8, 4) is 0 Å². The van der Waals surface area contributed by atoms with Crippen LogP contribution in [0.15, 0.2) is 29.2 Å². The lowest BCUT2D eigenvalue weighted by Gasteiger charge is -2.19. The second kappa shape index (κ2) is 8.24. The number of hydrogen-bond donors (Lipinski definition) is 2. The van der Waals surface area contributed by atoms with Gasteiger partial charge in [-0.25, -0.2) is 13.1 Å². The Bertz CT molecular complexity index is 486. The van der Waals surface area contributed by atoms with Gasteiger partial charge in [-0.15, -0.1) is 0 Å². The lowest BCUT2D eigenvalue weighted by molar-refractivity contribution is 0.300. The molecule has 114 valence electrons. The standard InChI is InChI=1S/C14H25N3O2S/c1-4-11-17(5-2)12-10-16-13-6-8-14(9-7-13)20(18,19)15-3/h6-9,15-16H,4-5,10-12H2,1-3H3. The van der Waals surface area contributed by atoms with Crippen molar-refractivity contribution < 1.29 is 8.42 Å². The Kier molecular flexibility index (Phi) is 6.98. The second-order valence-corrected chi connectivity index (χ2v) is 6.48. The van der Waals surface area contributed by atoms with Gasteiger partial charge in [0.2, 0.25) is 10.0 Å². The summed E-state index contributed by atoms with van der Waals surface area (Å²) in [5.74, 6) is 0. The third-order valence-corrected chi connectivity index (χ3v) is 4.61. The smallest absolute Gasteiger partial charge is 0.240 e. The van der Waals surface area contributed by atoms with Crippen LogP contribution in [0.3, 0.4) is 0 Å². The fourth-order valence-electron chi connectivity index (χ4n) is 1.97. The van der Waals surface area contributed by atoms with Gasteiger partial charge >= 0.3 is 0 Å². The predicted molar refractivity (Wildman–Crippen MR) is 83.6 cm³/mol. The molecule has 0 aliphatic carbocycles. The highest BCUT2D eigenvalue weighted by Crippen LogP contribution is 2.13. The number of anilines is 1. The van der Waals surface area contributed by atoms with Crippen molar-refractivity contribution >= 4 is 15.7 Å². The molecule has 0 unspecified atom stereocenters. The van der Waals surface area contributed by atoms with Crippen LogP contribution in [0.1, 0.15) is 20.3 Å². The van der Waals surface area contributed by atoms with E-state index in [4.69, 9.17) is 0 Å². The van der Waals surface area contributed by atoms with Gasteiger partial charge in [-0.2, -0.15) is 0 Å². The van der Waals surface area contributed by atoms with Gasteiger partial charge < -0.3 is 10.2 Å². The maximum Gasteiger partial charge on any atom is 0.240 e. The molecule has 0 atom stereocenters. The number of nitrogens with one attached hydrogen (secondary N) is 2. The molecule has 0 aliphatic rings. The molecule has 0 saturated carbocycles. The molecule has 0 saturated heterocycles. The number of likely N-dealkylation sites (N-methyl/N-ethyl adjacent to an activating group) is 1. The zero-order chi connectivity index (χ0) is 15.0. The number of sulfonamides is 1. The van der Waals surface area contributed by atoms with E-state index in [1.165, 1.54) is 7.05 Å². The molecule has 1 rings (SSSR count). The lowest BCUT2D eigenvalue weighted by Crippen LogP contribution is -2.29. The van der Waals surface area contributed by atoms with E-state index in [9.17, 15) is 8.42 Å². The van der Waals surface area contributed by atoms with Crippen molar-refractivity contribution in [3.05, 3.63) is 24.3 Å². The van der Waals surface area contributed by atoms with Gasteiger partial charge in [0, 0.05) is 18.8 Å². The molecule has 0 aromatic heterocycles. The SMILES string of the molecule is CCCN(CC)CCNc1ccc(S(=O)(=O)NC)cc1. The maximum absolute atomic E-state index is 11.6. The Hall–Kier alpha value is -1.11. The van der Waals surface area contributed by atoms with Crippen LogP contribution in [0, 0.1) is 0 Å². The van der Waals surface area contributed by atoms with Gasteiger partial charge in [-0.05, 0) is 50.8 Å². The van der Waals surface area contributed by atoms with Crippen LogP contribution in [0.2, 0.25) is 0 Å². The zero-order valence-electron chi connectivity index (χ0n) is 12.5. The van der Waals surface area contributed by atoms with E-state index in [0.29, 0.717) is 0 Å². The first-order chi connectivity index (χ1) is 9.53. The summed E-state index contributed by atoms with van der Waals surface area (Å²) in [5, 5.41) is 3.31. The minimum Gasteiger partial charge on any atom is -0.384 e. The summed E-state index contributed by atoms with van der Waals surface area (Å²) in [6.07, 6.45) is 1.16. The monoisotopic (exact) mass is 299 g/mol. The molecule has 0 radical (unpaired) electrons. The van der Waals surface area contributed by atoms with E-state index >= 15 is 0 Å². The third kappa shape index (κ3) is 5.11. The summed E-state index contributed by atoms with van der Waals surface area (Å²) in [6, 6.07) is 6.80. The van der Waals surface area contributed by atoms with Crippen molar-refractivity contribution in [1.29, 1.82) is 0 Å². The first-order valence-corrected chi connectivity index (χ1v) is 8.51. The second-order valence-electron chi connectivity index (χ2n) is 4.59. The lowest BCUT2D eigenvalue weighted by atomic mass is 10.3. The first kappa shape index (κ1) is 16.9. The molecule has 0 amide bonds. The van der Waals surface area contributed by atoms with Gasteiger partial charge in [0.05, 0.1) is 4.90 Å². The highest BCUT2D eigenvalue weighted by Gasteiger charge is 2.10. The normalized spacial score (nSPS) is 11.8. The molecule has 1 aromatic rings. The molecule has 0 spiro atoms. The fourth-order valence-corrected chi connectivity index (χ4v) is 2.70. The highest BCUT2D eigenvalue weighted by atomic mass is 32.2. The van der Waals surface area contributed by atoms with E-state index in [2.05, 4.69) is 28.8 Å². The van der Waals surface area contributed by atoms with Crippen molar-refractivity contribution in [1.82, 2.24) is 9.62 Å². The molecular formula is C14H25N3O2S. The predicted octanol–water partition coefficient (Wildman–Crippen LogP) is 1.74. The first-order valence-electron chi connectivity index (χ1n) is 7.03. The van der Waals surface area contributed by atoms with Crippen molar-refractivity contribution in [2.75, 3.05) is 38.5 Å². The van der Waals surface area contributed by atoms with E-state index in [1.807, 2.05) is 0 Å². The molecule has 1 aromatic carbocycles. The zero-order valence-corrected chi connectivity index (χ0v) is 13.3. The summed E-state index contributed by atoms with van der Waals surface area (Å²) in [6.45, 7) is 8.34. The van der Waals surface area contributed by atoms with Crippen LogP contribution < -0.4 is 10.0 Å². The Morgan fingerprint density at radius 3 is 2.25 bits per heavy atom. The van der Waals surface area contributed by atoms with Crippen molar-refractivity contribution in [3.63, 3.8) is 0 Å². The molecule has 0 aliphatic heterocycles. The molecular weight excluding hydrogens is 274 g/mol. The van der Waals surface area contributed by atoms with Gasteiger partial charge in [-0.3, -0.25) is 0 Å². The maximum atomic E-state index is 11.6. The van der Waals surface area contributed by atoms with Crippen LogP contribution in [0.25, 0.3) is 0 Å². The topological polar surface area (TPSA) is 61.4 Å². The summed E-state index contributed by atoms with van der Waals surface area (Å²) < 4.78 is 25.5. The van der Waals surface area contributed by atoms with Crippen LogP contribution in [0.5, 0.6) is 0 Å². The summed E-state index contributed by atoms with van der Waals surface area (Å²) in [5.41, 5.74) is 0.938. The number of benzene rings is 1. The largest absolute Gasteiger partial charge is 0.384 e. The average Bonchev–Trinajstić information content (AvgIpc) is 2.47. The summed E-state index contributed by atoms with van der Waals surface area (Å²) >= 11 is 0. The van der Waals surface area contributed by atoms with Crippen LogP contribution in [-0.4, -0.2) is 46.5 Å². The molecule has 5 nitrogen and oxygen atoms in total. The molecule has 0 heterocycles. The van der Waals surface area contributed by atoms with Gasteiger partial charge in [0.1, 0.15) is 0 Å². The van der Waals surface area contributed by atoms with E-state index in [-0.39, 0.29) is 4.90 Å². The molecule has 0 fully saturated rings. The third-order valence-electron chi connectivity index (χ3n) is 3.18. The Labute approximate surface area is 122 Å². The van der Waals surface area contributed by atoms with Crippen LogP contribution in [-0.2, 0) is 10.0 Å². The number of hydrogen-bond acceptors (Lipinski definition) is 4. The van der Waals surface area contributed by atoms with Gasteiger partial charge in [0.25, 0.3) is 0 Å². The van der Waals surface area contributed by atoms with Gasteiger partial charge in [-0.1, -0.05) is 13.8 Å². The minimum absolute atomic E-state index is 0.284. The number of nitrogens with zero attached hydrogens (tertiary/aromatic N) is 1. The van der Waals surface area contributed by atoms with E-state index < -0.39 is 10.0 Å². The highest BCUT2D eigenvalue weighted by molar-refractivity contribution is 7.89. The molecule has 6 heteroatoms. The van der Waals surface area contributed by atoms with Crippen molar-refractivity contribution in [2.24, 2.45) is 0 Å². The average molecular weight is 299 g/mol. The van der Waals surface area contributed by atoms with Crippen molar-refractivity contribution in [2.45, 2.75) is 25.2 Å². The Balaban J connectivity index is 2.50. The quantitative estimate of drug-likeness (QED) is 0.729. The summed E-state index contributed by atoms with van der Waals surface area (Å²) in [4.78, 5) is 2.67. The molecule has 20 heavy (non-hydrogen) atoms. The van der Waals surface area contributed by atoms with E-state index in [0.717, 1.165) is 38.3 Å². The van der Waals surface area contributed by atoms with Crippen LogP contribution >= 0.6 is 0 Å². The Morgan fingerprint density at radius 2 is 1.75 bits per heavy atom. The van der Waals surface area contributed by atoms with E-state index in [1.54, 1.807) is 24.3 Å². The van der Waals surface area contributed by atoms with Crippen LogP contribution in [0.4, 0.5) is 5.69 Å². The number of rotatable bonds is 9. The molecule has 2 N–H and O–H groups in total.